The Morgan fingerprint density at radius 2 is 1.68 bits per heavy atom. The molecule has 0 atom stereocenters. The number of rotatable bonds is 4. The summed E-state index contributed by atoms with van der Waals surface area (Å²) in [6.07, 6.45) is 0.651. The van der Waals surface area contributed by atoms with E-state index in [-0.39, 0.29) is 5.82 Å². The first-order valence-electron chi connectivity index (χ1n) is 8.14. The molecule has 0 amide bonds. The standard InChI is InChI=1S/C22H17FO2/c1-24-18-10-7-16(8-11-18)22-19-14-17(23)9-12-20(19)25-21(22)13-15-5-3-2-4-6-15/h2-12,14H,13H2,1H3. The van der Waals surface area contributed by atoms with Crippen LogP contribution in [-0.2, 0) is 6.42 Å². The number of methoxy groups -OCH3 is 1. The van der Waals surface area contributed by atoms with Gasteiger partial charge in [0.05, 0.1) is 7.11 Å². The molecule has 0 saturated heterocycles. The predicted octanol–water partition coefficient (Wildman–Crippen LogP) is 5.84. The molecule has 25 heavy (non-hydrogen) atoms. The second-order valence-corrected chi connectivity index (χ2v) is 5.93. The summed E-state index contributed by atoms with van der Waals surface area (Å²) in [5.74, 6) is 1.35. The molecule has 0 radical (unpaired) electrons. The highest BCUT2D eigenvalue weighted by molar-refractivity contribution is 5.96. The van der Waals surface area contributed by atoms with Crippen LogP contribution in [0.15, 0.2) is 77.2 Å². The third-order valence-electron chi connectivity index (χ3n) is 4.31. The molecule has 0 N–H and O–H groups in total. The highest BCUT2D eigenvalue weighted by Gasteiger charge is 2.17. The van der Waals surface area contributed by atoms with Crippen molar-refractivity contribution in [3.8, 4) is 16.9 Å². The number of benzene rings is 3. The van der Waals surface area contributed by atoms with Gasteiger partial charge >= 0.3 is 0 Å². The molecule has 4 rings (SSSR count). The summed E-state index contributed by atoms with van der Waals surface area (Å²) in [4.78, 5) is 0. The summed E-state index contributed by atoms with van der Waals surface area (Å²) in [7, 11) is 1.64. The summed E-state index contributed by atoms with van der Waals surface area (Å²) in [6.45, 7) is 0. The lowest BCUT2D eigenvalue weighted by Crippen LogP contribution is -1.89. The van der Waals surface area contributed by atoms with E-state index in [0.717, 1.165) is 33.6 Å². The maximum absolute atomic E-state index is 13.8. The first kappa shape index (κ1) is 15.5. The van der Waals surface area contributed by atoms with Gasteiger partial charge in [-0.3, -0.25) is 0 Å². The van der Waals surface area contributed by atoms with Gasteiger partial charge in [-0.05, 0) is 41.5 Å². The van der Waals surface area contributed by atoms with Gasteiger partial charge < -0.3 is 9.15 Å². The first-order valence-corrected chi connectivity index (χ1v) is 8.14. The Kier molecular flexibility index (Phi) is 3.98. The molecule has 124 valence electrons. The van der Waals surface area contributed by atoms with Crippen molar-refractivity contribution in [2.45, 2.75) is 6.42 Å². The van der Waals surface area contributed by atoms with Crippen molar-refractivity contribution in [3.05, 3.63) is 89.9 Å². The SMILES string of the molecule is COc1ccc(-c2c(Cc3ccccc3)oc3ccc(F)cc23)cc1. The lowest BCUT2D eigenvalue weighted by Gasteiger charge is -2.06. The Morgan fingerprint density at radius 3 is 2.40 bits per heavy atom. The molecule has 1 heterocycles. The summed E-state index contributed by atoms with van der Waals surface area (Å²) in [6, 6.07) is 22.5. The minimum Gasteiger partial charge on any atom is -0.497 e. The van der Waals surface area contributed by atoms with Gasteiger partial charge in [0.15, 0.2) is 0 Å². The Hall–Kier alpha value is -3.07. The van der Waals surface area contributed by atoms with E-state index < -0.39 is 0 Å². The fourth-order valence-electron chi connectivity index (χ4n) is 3.10. The van der Waals surface area contributed by atoms with E-state index in [0.29, 0.717) is 12.0 Å². The van der Waals surface area contributed by atoms with E-state index in [9.17, 15) is 4.39 Å². The van der Waals surface area contributed by atoms with E-state index in [1.54, 1.807) is 13.2 Å². The van der Waals surface area contributed by atoms with Crippen LogP contribution in [0.2, 0.25) is 0 Å². The second kappa shape index (κ2) is 6.44. The number of halogens is 1. The van der Waals surface area contributed by atoms with E-state index >= 15 is 0 Å². The number of fused-ring (bicyclic) bond motifs is 1. The van der Waals surface area contributed by atoms with Crippen LogP contribution in [0, 0.1) is 5.82 Å². The number of hydrogen-bond donors (Lipinski definition) is 0. The van der Waals surface area contributed by atoms with Gasteiger partial charge in [-0.2, -0.15) is 0 Å². The summed E-state index contributed by atoms with van der Waals surface area (Å²) in [5.41, 5.74) is 3.76. The molecule has 0 aliphatic heterocycles. The summed E-state index contributed by atoms with van der Waals surface area (Å²) < 4.78 is 25.1. The smallest absolute Gasteiger partial charge is 0.135 e. The van der Waals surface area contributed by atoms with Crippen molar-refractivity contribution in [1.29, 1.82) is 0 Å². The topological polar surface area (TPSA) is 22.4 Å². The monoisotopic (exact) mass is 332 g/mol. The quantitative estimate of drug-likeness (QED) is 0.468. The van der Waals surface area contributed by atoms with Crippen molar-refractivity contribution >= 4 is 11.0 Å². The molecule has 4 aromatic rings. The zero-order chi connectivity index (χ0) is 17.2. The number of furan rings is 1. The molecular weight excluding hydrogens is 315 g/mol. The molecule has 0 aliphatic rings. The molecule has 1 aromatic heterocycles. The van der Waals surface area contributed by atoms with Gasteiger partial charge in [-0.15, -0.1) is 0 Å². The Balaban J connectivity index is 1.89. The van der Waals surface area contributed by atoms with Gasteiger partial charge in [-0.25, -0.2) is 4.39 Å². The Morgan fingerprint density at radius 1 is 0.920 bits per heavy atom. The molecule has 0 fully saturated rings. The molecule has 0 saturated carbocycles. The Bertz CT molecular complexity index is 1000. The van der Waals surface area contributed by atoms with Crippen LogP contribution in [0.3, 0.4) is 0 Å². The van der Waals surface area contributed by atoms with Crippen LogP contribution in [0.25, 0.3) is 22.1 Å². The van der Waals surface area contributed by atoms with Crippen LogP contribution in [0.4, 0.5) is 4.39 Å². The average molecular weight is 332 g/mol. The van der Waals surface area contributed by atoms with Crippen molar-refractivity contribution in [1.82, 2.24) is 0 Å². The van der Waals surface area contributed by atoms with E-state index in [2.05, 4.69) is 12.1 Å². The largest absolute Gasteiger partial charge is 0.497 e. The third kappa shape index (κ3) is 3.01. The van der Waals surface area contributed by atoms with Gasteiger partial charge in [-0.1, -0.05) is 42.5 Å². The summed E-state index contributed by atoms with van der Waals surface area (Å²) in [5, 5.41) is 0.788. The summed E-state index contributed by atoms with van der Waals surface area (Å²) >= 11 is 0. The maximum atomic E-state index is 13.8. The molecule has 2 nitrogen and oxygen atoms in total. The molecule has 0 spiro atoms. The molecule has 3 heteroatoms. The number of hydrogen-bond acceptors (Lipinski definition) is 2. The first-order chi connectivity index (χ1) is 12.2. The Labute approximate surface area is 145 Å². The number of ether oxygens (including phenoxy) is 1. The van der Waals surface area contributed by atoms with Crippen LogP contribution in [0.5, 0.6) is 5.75 Å². The van der Waals surface area contributed by atoms with Gasteiger partial charge in [0, 0.05) is 17.4 Å². The predicted molar refractivity (Wildman–Crippen MR) is 97.4 cm³/mol. The van der Waals surface area contributed by atoms with Crippen molar-refractivity contribution in [2.24, 2.45) is 0 Å². The highest BCUT2D eigenvalue weighted by atomic mass is 19.1. The zero-order valence-corrected chi connectivity index (χ0v) is 13.8. The third-order valence-corrected chi connectivity index (χ3v) is 4.31. The fourth-order valence-corrected chi connectivity index (χ4v) is 3.10. The van der Waals surface area contributed by atoms with Gasteiger partial charge in [0.2, 0.25) is 0 Å². The van der Waals surface area contributed by atoms with Crippen LogP contribution in [0.1, 0.15) is 11.3 Å². The molecule has 0 unspecified atom stereocenters. The minimum absolute atomic E-state index is 0.269. The molecular formula is C22H17FO2. The van der Waals surface area contributed by atoms with Gasteiger partial charge in [0.25, 0.3) is 0 Å². The molecule has 0 bridgehead atoms. The minimum atomic E-state index is -0.269. The van der Waals surface area contributed by atoms with E-state index in [1.165, 1.54) is 12.1 Å². The lowest BCUT2D eigenvalue weighted by atomic mass is 9.98. The second-order valence-electron chi connectivity index (χ2n) is 5.93. The van der Waals surface area contributed by atoms with E-state index in [1.807, 2.05) is 42.5 Å². The normalized spacial score (nSPS) is 11.0. The van der Waals surface area contributed by atoms with Crippen LogP contribution >= 0.6 is 0 Å². The molecule has 0 aliphatic carbocycles. The van der Waals surface area contributed by atoms with Gasteiger partial charge in [0.1, 0.15) is 22.9 Å². The fraction of sp³-hybridized carbons (Fsp3) is 0.0909. The van der Waals surface area contributed by atoms with Crippen LogP contribution < -0.4 is 4.74 Å². The average Bonchev–Trinajstić information content (AvgIpc) is 2.99. The van der Waals surface area contributed by atoms with Crippen LogP contribution in [-0.4, -0.2) is 7.11 Å². The molecule has 3 aromatic carbocycles. The maximum Gasteiger partial charge on any atom is 0.135 e. The van der Waals surface area contributed by atoms with Crippen molar-refractivity contribution in [3.63, 3.8) is 0 Å². The highest BCUT2D eigenvalue weighted by Crippen LogP contribution is 2.37. The van der Waals surface area contributed by atoms with E-state index in [4.69, 9.17) is 9.15 Å². The zero-order valence-electron chi connectivity index (χ0n) is 13.8. The van der Waals surface area contributed by atoms with Crippen molar-refractivity contribution < 1.29 is 13.5 Å². The van der Waals surface area contributed by atoms with Crippen molar-refractivity contribution in [2.75, 3.05) is 7.11 Å². The lowest BCUT2D eigenvalue weighted by molar-refractivity contribution is 0.415.